The molecular weight excluding hydrogens is 433 g/mol. The van der Waals surface area contributed by atoms with Crippen molar-refractivity contribution >= 4 is 27.5 Å². The Bertz CT molecular complexity index is 1020. The lowest BCUT2D eigenvalue weighted by Crippen LogP contribution is -2.27. The lowest BCUT2D eigenvalue weighted by Gasteiger charge is -2.12. The number of rotatable bonds is 6. The maximum absolute atomic E-state index is 13.8. The Hall–Kier alpha value is -2.02. The van der Waals surface area contributed by atoms with Crippen LogP contribution in [0.15, 0.2) is 53.3 Å². The minimum atomic E-state index is -0.355. The van der Waals surface area contributed by atoms with Gasteiger partial charge in [-0.05, 0) is 42.3 Å². The van der Waals surface area contributed by atoms with Crippen molar-refractivity contribution < 1.29 is 4.39 Å². The molecular formula is C20H18BrClFN3O. The summed E-state index contributed by atoms with van der Waals surface area (Å²) in [5.41, 5.74) is 8.58. The van der Waals surface area contributed by atoms with Gasteiger partial charge in [-0.3, -0.25) is 4.79 Å². The van der Waals surface area contributed by atoms with E-state index in [0.717, 1.165) is 5.56 Å². The molecule has 1 heterocycles. The van der Waals surface area contributed by atoms with Crippen LogP contribution in [-0.2, 0) is 19.5 Å². The Labute approximate surface area is 169 Å². The molecule has 0 spiro atoms. The number of halogens is 3. The molecule has 0 fully saturated rings. The summed E-state index contributed by atoms with van der Waals surface area (Å²) >= 11 is 9.62. The zero-order chi connectivity index (χ0) is 19.4. The molecule has 2 aromatic carbocycles. The van der Waals surface area contributed by atoms with Crippen LogP contribution in [0.2, 0.25) is 5.02 Å². The number of nitrogens with zero attached hydrogens (tertiary/aromatic N) is 2. The van der Waals surface area contributed by atoms with E-state index >= 15 is 0 Å². The van der Waals surface area contributed by atoms with Crippen LogP contribution in [0.5, 0.6) is 0 Å². The van der Waals surface area contributed by atoms with Crippen molar-refractivity contribution in [2.24, 2.45) is 5.73 Å². The van der Waals surface area contributed by atoms with E-state index in [-0.39, 0.29) is 24.5 Å². The molecule has 1 aromatic heterocycles. The maximum atomic E-state index is 13.8. The second-order valence-corrected chi connectivity index (χ2v) is 7.26. The molecule has 3 aromatic rings. The Morgan fingerprint density at radius 1 is 1.11 bits per heavy atom. The van der Waals surface area contributed by atoms with E-state index in [0.29, 0.717) is 39.2 Å². The Morgan fingerprint density at radius 3 is 2.59 bits per heavy atom. The van der Waals surface area contributed by atoms with Crippen LogP contribution in [0, 0.1) is 5.82 Å². The van der Waals surface area contributed by atoms with E-state index < -0.39 is 0 Å². The van der Waals surface area contributed by atoms with E-state index in [1.165, 1.54) is 10.7 Å². The number of aryl methyl sites for hydroxylation is 1. The molecule has 7 heteroatoms. The highest BCUT2D eigenvalue weighted by Gasteiger charge is 2.13. The average molecular weight is 451 g/mol. The molecule has 140 valence electrons. The van der Waals surface area contributed by atoms with Gasteiger partial charge in [0, 0.05) is 33.6 Å². The smallest absolute Gasteiger partial charge is 0.270 e. The molecule has 0 saturated carbocycles. The summed E-state index contributed by atoms with van der Waals surface area (Å²) in [6.45, 7) is 0.347. The zero-order valence-electron chi connectivity index (χ0n) is 14.5. The van der Waals surface area contributed by atoms with E-state index in [2.05, 4.69) is 21.0 Å². The molecule has 0 aliphatic rings. The number of aromatic nitrogens is 2. The predicted octanol–water partition coefficient (Wildman–Crippen LogP) is 4.15. The molecule has 0 aliphatic carbocycles. The van der Waals surface area contributed by atoms with E-state index in [9.17, 15) is 9.18 Å². The van der Waals surface area contributed by atoms with Crippen LogP contribution < -0.4 is 11.3 Å². The number of hydrogen-bond acceptors (Lipinski definition) is 3. The first-order valence-corrected chi connectivity index (χ1v) is 9.92. The van der Waals surface area contributed by atoms with Gasteiger partial charge in [-0.1, -0.05) is 45.7 Å². The molecule has 0 unspecified atom stereocenters. The molecule has 0 radical (unpaired) electrons. The molecule has 3 rings (SSSR count). The third kappa shape index (κ3) is 4.46. The highest BCUT2D eigenvalue weighted by Crippen LogP contribution is 2.21. The van der Waals surface area contributed by atoms with Crippen molar-refractivity contribution in [1.29, 1.82) is 0 Å². The topological polar surface area (TPSA) is 60.9 Å². The fourth-order valence-electron chi connectivity index (χ4n) is 2.80. The van der Waals surface area contributed by atoms with Gasteiger partial charge < -0.3 is 5.73 Å². The third-order valence-electron chi connectivity index (χ3n) is 4.25. The second-order valence-electron chi connectivity index (χ2n) is 6.06. The standard InChI is InChI=1S/C20H18BrClFN3O/c21-8-7-14-10-19(13-5-6-18(23)16(9-13)11-24)25-26(20(14)27)12-15-3-1-2-4-17(15)22/h1-6,9-10H,7-8,11-12,24H2. The Balaban J connectivity index is 2.11. The van der Waals surface area contributed by atoms with Crippen LogP contribution in [0.4, 0.5) is 4.39 Å². The first-order valence-electron chi connectivity index (χ1n) is 8.42. The third-order valence-corrected chi connectivity index (χ3v) is 5.02. The van der Waals surface area contributed by atoms with Gasteiger partial charge >= 0.3 is 0 Å². The van der Waals surface area contributed by atoms with Gasteiger partial charge in [0.1, 0.15) is 5.82 Å². The van der Waals surface area contributed by atoms with Crippen molar-refractivity contribution in [3.05, 3.63) is 86.4 Å². The summed E-state index contributed by atoms with van der Waals surface area (Å²) in [6.07, 6.45) is 0.557. The SMILES string of the molecule is NCc1cc(-c2cc(CCBr)c(=O)n(Cc3ccccc3Cl)n2)ccc1F. The highest BCUT2D eigenvalue weighted by atomic mass is 79.9. The number of nitrogens with two attached hydrogens (primary N) is 1. The van der Waals surface area contributed by atoms with Crippen molar-refractivity contribution in [3.8, 4) is 11.3 Å². The monoisotopic (exact) mass is 449 g/mol. The van der Waals surface area contributed by atoms with Crippen LogP contribution in [-0.4, -0.2) is 15.1 Å². The lowest BCUT2D eigenvalue weighted by molar-refractivity contribution is 0.610. The molecule has 0 bridgehead atoms. The van der Waals surface area contributed by atoms with Gasteiger partial charge in [0.15, 0.2) is 0 Å². The normalized spacial score (nSPS) is 11.0. The fourth-order valence-corrected chi connectivity index (χ4v) is 3.43. The summed E-state index contributed by atoms with van der Waals surface area (Å²) in [6, 6.07) is 13.8. The molecule has 0 atom stereocenters. The first-order chi connectivity index (χ1) is 13.0. The van der Waals surface area contributed by atoms with E-state index in [1.54, 1.807) is 24.3 Å². The van der Waals surface area contributed by atoms with Crippen LogP contribution >= 0.6 is 27.5 Å². The molecule has 27 heavy (non-hydrogen) atoms. The van der Waals surface area contributed by atoms with Gasteiger partial charge in [0.25, 0.3) is 5.56 Å². The summed E-state index contributed by atoms with van der Waals surface area (Å²) in [7, 11) is 0. The van der Waals surface area contributed by atoms with Gasteiger partial charge in [-0.2, -0.15) is 5.10 Å². The molecule has 4 nitrogen and oxygen atoms in total. The first kappa shape index (κ1) is 19.7. The number of benzene rings is 2. The van der Waals surface area contributed by atoms with Crippen molar-refractivity contribution in [1.82, 2.24) is 9.78 Å². The van der Waals surface area contributed by atoms with Gasteiger partial charge in [-0.15, -0.1) is 0 Å². The summed E-state index contributed by atoms with van der Waals surface area (Å²) in [5, 5.41) is 5.72. The summed E-state index contributed by atoms with van der Waals surface area (Å²) in [5.74, 6) is -0.355. The zero-order valence-corrected chi connectivity index (χ0v) is 16.8. The maximum Gasteiger partial charge on any atom is 0.270 e. The van der Waals surface area contributed by atoms with E-state index in [4.69, 9.17) is 17.3 Å². The lowest BCUT2D eigenvalue weighted by atomic mass is 10.1. The van der Waals surface area contributed by atoms with Gasteiger partial charge in [-0.25, -0.2) is 9.07 Å². The molecule has 2 N–H and O–H groups in total. The van der Waals surface area contributed by atoms with Crippen molar-refractivity contribution in [3.63, 3.8) is 0 Å². The molecule has 0 aliphatic heterocycles. The Morgan fingerprint density at radius 2 is 1.89 bits per heavy atom. The quantitative estimate of drug-likeness (QED) is 0.574. The van der Waals surface area contributed by atoms with Crippen LogP contribution in [0.25, 0.3) is 11.3 Å². The van der Waals surface area contributed by atoms with Gasteiger partial charge in [0.05, 0.1) is 12.2 Å². The second kappa shape index (κ2) is 8.78. The average Bonchev–Trinajstić information content (AvgIpc) is 2.67. The number of hydrogen-bond donors (Lipinski definition) is 1. The minimum absolute atomic E-state index is 0.0905. The van der Waals surface area contributed by atoms with E-state index in [1.807, 2.05) is 18.2 Å². The van der Waals surface area contributed by atoms with Crippen molar-refractivity contribution in [2.45, 2.75) is 19.5 Å². The Kier molecular flexibility index (Phi) is 6.42. The van der Waals surface area contributed by atoms with Crippen LogP contribution in [0.3, 0.4) is 0 Å². The summed E-state index contributed by atoms with van der Waals surface area (Å²) < 4.78 is 15.2. The minimum Gasteiger partial charge on any atom is -0.326 e. The largest absolute Gasteiger partial charge is 0.326 e. The molecule has 0 saturated heterocycles. The fraction of sp³-hybridized carbons (Fsp3) is 0.200. The highest BCUT2D eigenvalue weighted by molar-refractivity contribution is 9.09. The predicted molar refractivity (Wildman–Crippen MR) is 110 cm³/mol. The molecule has 0 amide bonds. The van der Waals surface area contributed by atoms with Crippen LogP contribution in [0.1, 0.15) is 16.7 Å². The summed E-state index contributed by atoms with van der Waals surface area (Å²) in [4.78, 5) is 12.8. The number of alkyl halides is 1. The van der Waals surface area contributed by atoms with Crippen molar-refractivity contribution in [2.75, 3.05) is 5.33 Å². The van der Waals surface area contributed by atoms with Gasteiger partial charge in [0.2, 0.25) is 0 Å².